The lowest BCUT2D eigenvalue weighted by molar-refractivity contribution is -0.128. The number of rotatable bonds is 8. The highest BCUT2D eigenvalue weighted by molar-refractivity contribution is 6.42. The number of carbonyl (C=O) groups is 2. The van der Waals surface area contributed by atoms with Crippen LogP contribution in [0, 0.1) is 0 Å². The fraction of sp³-hybridized carbons (Fsp3) is 0.524. The molecule has 6 nitrogen and oxygen atoms in total. The van der Waals surface area contributed by atoms with Crippen molar-refractivity contribution < 1.29 is 14.3 Å². The van der Waals surface area contributed by atoms with Gasteiger partial charge in [0.15, 0.2) is 0 Å². The summed E-state index contributed by atoms with van der Waals surface area (Å²) < 4.78 is 5.71. The van der Waals surface area contributed by atoms with Crippen molar-refractivity contribution in [1.29, 1.82) is 0 Å². The molecule has 3 rings (SSSR count). The highest BCUT2D eigenvalue weighted by atomic mass is 35.5. The Kier molecular flexibility index (Phi) is 7.44. The van der Waals surface area contributed by atoms with E-state index in [1.807, 2.05) is 31.0 Å². The van der Waals surface area contributed by atoms with Gasteiger partial charge in [-0.1, -0.05) is 29.3 Å². The molecular weight excluding hydrogens is 413 g/mol. The summed E-state index contributed by atoms with van der Waals surface area (Å²) in [5.41, 5.74) is 2.05. The lowest BCUT2D eigenvalue weighted by Crippen LogP contribution is -2.37. The van der Waals surface area contributed by atoms with Crippen molar-refractivity contribution in [2.24, 2.45) is 0 Å². The quantitative estimate of drug-likeness (QED) is 0.631. The number of halogens is 2. The van der Waals surface area contributed by atoms with E-state index < -0.39 is 0 Å². The van der Waals surface area contributed by atoms with E-state index >= 15 is 0 Å². The first-order chi connectivity index (χ1) is 13.9. The Labute approximate surface area is 181 Å². The van der Waals surface area contributed by atoms with E-state index in [1.54, 1.807) is 11.0 Å². The molecule has 1 aromatic rings. The molecule has 0 radical (unpaired) electrons. The minimum atomic E-state index is -0.191. The Morgan fingerprint density at radius 1 is 1.34 bits per heavy atom. The molecule has 0 aromatic heterocycles. The van der Waals surface area contributed by atoms with Crippen LogP contribution >= 0.6 is 23.2 Å². The third-order valence-corrected chi connectivity index (χ3v) is 6.12. The van der Waals surface area contributed by atoms with Crippen LogP contribution in [0.5, 0.6) is 0 Å². The van der Waals surface area contributed by atoms with Gasteiger partial charge in [-0.2, -0.15) is 0 Å². The number of ether oxygens (including phenoxy) is 1. The van der Waals surface area contributed by atoms with Crippen molar-refractivity contribution in [3.05, 3.63) is 45.1 Å². The number of benzene rings is 1. The first kappa shape index (κ1) is 21.9. The lowest BCUT2D eigenvalue weighted by atomic mass is 10.1. The maximum Gasteiger partial charge on any atom is 0.271 e. The van der Waals surface area contributed by atoms with Crippen LogP contribution < -0.4 is 5.32 Å². The molecule has 2 aliphatic rings. The molecule has 8 heteroatoms. The Hall–Kier alpha value is -1.76. The van der Waals surface area contributed by atoms with Gasteiger partial charge >= 0.3 is 0 Å². The van der Waals surface area contributed by atoms with Crippen LogP contribution in [-0.4, -0.2) is 61.1 Å². The van der Waals surface area contributed by atoms with E-state index in [1.165, 1.54) is 0 Å². The predicted molar refractivity (Wildman–Crippen MR) is 114 cm³/mol. The van der Waals surface area contributed by atoms with Crippen LogP contribution in [0.2, 0.25) is 10.0 Å². The summed E-state index contributed by atoms with van der Waals surface area (Å²) in [6.07, 6.45) is 3.21. The third kappa shape index (κ3) is 5.05. The second-order valence-corrected chi connectivity index (χ2v) is 8.15. The summed E-state index contributed by atoms with van der Waals surface area (Å²) in [4.78, 5) is 29.1. The molecule has 1 unspecified atom stereocenters. The molecule has 0 aliphatic carbocycles. The van der Waals surface area contributed by atoms with Crippen LogP contribution in [-0.2, 0) is 20.7 Å². The van der Waals surface area contributed by atoms with Crippen molar-refractivity contribution in [2.75, 3.05) is 33.3 Å². The lowest BCUT2D eigenvalue weighted by Gasteiger charge is -2.27. The summed E-state index contributed by atoms with van der Waals surface area (Å²) in [6.45, 7) is 4.01. The number of amides is 2. The average molecular weight is 440 g/mol. The topological polar surface area (TPSA) is 61.9 Å². The highest BCUT2D eigenvalue weighted by Crippen LogP contribution is 2.27. The number of carbonyl (C=O) groups excluding carboxylic acids is 2. The smallest absolute Gasteiger partial charge is 0.271 e. The van der Waals surface area contributed by atoms with Crippen LogP contribution in [0.4, 0.5) is 0 Å². The molecule has 1 N–H and O–H groups in total. The number of aryl methyl sites for hydroxylation is 1. The van der Waals surface area contributed by atoms with Crippen molar-refractivity contribution in [1.82, 2.24) is 15.1 Å². The monoisotopic (exact) mass is 439 g/mol. The van der Waals surface area contributed by atoms with Gasteiger partial charge in [0.25, 0.3) is 11.8 Å². The van der Waals surface area contributed by atoms with Crippen molar-refractivity contribution in [3.8, 4) is 0 Å². The molecule has 1 saturated heterocycles. The molecule has 2 heterocycles. The molecule has 0 spiro atoms. The fourth-order valence-corrected chi connectivity index (χ4v) is 4.04. The summed E-state index contributed by atoms with van der Waals surface area (Å²) in [5, 5.41) is 4.02. The van der Waals surface area contributed by atoms with Crippen LogP contribution in [0.1, 0.15) is 31.7 Å². The zero-order valence-corrected chi connectivity index (χ0v) is 18.4. The number of nitrogens with zero attached hydrogens (tertiary/aromatic N) is 2. The van der Waals surface area contributed by atoms with E-state index in [4.69, 9.17) is 27.9 Å². The molecule has 158 valence electrons. The molecule has 2 aliphatic heterocycles. The Bertz CT molecular complexity index is 806. The molecule has 1 fully saturated rings. The van der Waals surface area contributed by atoms with Crippen LogP contribution in [0.25, 0.3) is 0 Å². The van der Waals surface area contributed by atoms with Crippen molar-refractivity contribution >= 4 is 35.0 Å². The average Bonchev–Trinajstić information content (AvgIpc) is 3.35. The van der Waals surface area contributed by atoms with E-state index in [2.05, 4.69) is 5.32 Å². The van der Waals surface area contributed by atoms with Gasteiger partial charge in [-0.3, -0.25) is 9.59 Å². The number of hydrogen-bond acceptors (Lipinski definition) is 4. The van der Waals surface area contributed by atoms with Crippen LogP contribution in [0.15, 0.2) is 29.5 Å². The fourth-order valence-electron chi connectivity index (χ4n) is 3.72. The maximum atomic E-state index is 12.8. The van der Waals surface area contributed by atoms with Gasteiger partial charge in [0.05, 0.1) is 22.2 Å². The number of likely N-dealkylation sites (N-methyl/N-ethyl adjacent to an activating group) is 2. The standard InChI is InChI=1S/C21H27Cl2N3O3/c1-3-26-13-15(19(21(26)28)25(2)18-7-5-11-29-18)20(27)24-10-4-6-14-8-9-16(22)17(23)12-14/h8-9,12,18H,3-7,10-11,13H2,1-2H3,(H,24,27). The highest BCUT2D eigenvalue weighted by Gasteiger charge is 2.38. The van der Waals surface area contributed by atoms with Crippen molar-refractivity contribution in [2.45, 2.75) is 38.8 Å². The number of hydrogen-bond donors (Lipinski definition) is 1. The second-order valence-electron chi connectivity index (χ2n) is 7.33. The molecule has 29 heavy (non-hydrogen) atoms. The molecule has 2 amide bonds. The van der Waals surface area contributed by atoms with Gasteiger partial charge in [0.1, 0.15) is 11.9 Å². The van der Waals surface area contributed by atoms with Gasteiger partial charge in [-0.25, -0.2) is 0 Å². The van der Waals surface area contributed by atoms with E-state index in [9.17, 15) is 9.59 Å². The van der Waals surface area contributed by atoms with Crippen LogP contribution in [0.3, 0.4) is 0 Å². The largest absolute Gasteiger partial charge is 0.358 e. The van der Waals surface area contributed by atoms with Gasteiger partial charge in [-0.05, 0) is 50.3 Å². The van der Waals surface area contributed by atoms with Gasteiger partial charge in [-0.15, -0.1) is 0 Å². The predicted octanol–water partition coefficient (Wildman–Crippen LogP) is 3.23. The molecule has 1 atom stereocenters. The SMILES string of the molecule is CCN1CC(C(=O)NCCCc2ccc(Cl)c(Cl)c2)=C(N(C)C2CCCO2)C1=O. The van der Waals surface area contributed by atoms with Gasteiger partial charge < -0.3 is 19.9 Å². The molecule has 0 saturated carbocycles. The second kappa shape index (κ2) is 9.83. The van der Waals surface area contributed by atoms with Crippen molar-refractivity contribution in [3.63, 3.8) is 0 Å². The first-order valence-corrected chi connectivity index (χ1v) is 10.8. The summed E-state index contributed by atoms with van der Waals surface area (Å²) in [6, 6.07) is 5.55. The molecular formula is C21H27Cl2N3O3. The molecule has 1 aromatic carbocycles. The Morgan fingerprint density at radius 2 is 2.14 bits per heavy atom. The van der Waals surface area contributed by atoms with Gasteiger partial charge in [0.2, 0.25) is 0 Å². The summed E-state index contributed by atoms with van der Waals surface area (Å²) >= 11 is 12.0. The number of nitrogens with one attached hydrogen (secondary N) is 1. The van der Waals surface area contributed by atoms with Gasteiger partial charge in [0, 0.05) is 26.7 Å². The zero-order chi connectivity index (χ0) is 21.0. The van der Waals surface area contributed by atoms with E-state index in [-0.39, 0.29) is 18.0 Å². The Balaban J connectivity index is 1.61. The Morgan fingerprint density at radius 3 is 2.79 bits per heavy atom. The molecule has 0 bridgehead atoms. The first-order valence-electron chi connectivity index (χ1n) is 10.0. The van der Waals surface area contributed by atoms with E-state index in [0.717, 1.165) is 31.2 Å². The summed E-state index contributed by atoms with van der Waals surface area (Å²) in [7, 11) is 1.83. The minimum Gasteiger partial charge on any atom is -0.358 e. The maximum absolute atomic E-state index is 12.8. The third-order valence-electron chi connectivity index (χ3n) is 5.38. The van der Waals surface area contributed by atoms with E-state index in [0.29, 0.717) is 47.6 Å². The minimum absolute atomic E-state index is 0.105. The summed E-state index contributed by atoms with van der Waals surface area (Å²) in [5.74, 6) is -0.297. The zero-order valence-electron chi connectivity index (χ0n) is 16.8. The normalized spacial score (nSPS) is 19.2.